The number of nitrogens with one attached hydrogen (secondary N) is 1. The molecule has 1 aliphatic rings. The van der Waals surface area contributed by atoms with Crippen molar-refractivity contribution in [2.75, 3.05) is 29.9 Å². The number of carbonyl (C=O) groups excluding carboxylic acids is 1. The van der Waals surface area contributed by atoms with Gasteiger partial charge in [0.15, 0.2) is 12.4 Å². The quantitative estimate of drug-likeness (QED) is 0.622. The van der Waals surface area contributed by atoms with Gasteiger partial charge in [-0.15, -0.1) is 10.2 Å². The van der Waals surface area contributed by atoms with Crippen molar-refractivity contribution in [3.63, 3.8) is 0 Å². The highest BCUT2D eigenvalue weighted by molar-refractivity contribution is 5.92. The first kappa shape index (κ1) is 20.8. The van der Waals surface area contributed by atoms with Gasteiger partial charge < -0.3 is 15.0 Å². The summed E-state index contributed by atoms with van der Waals surface area (Å²) in [5, 5.41) is 11.7. The zero-order valence-corrected chi connectivity index (χ0v) is 17.9. The molecule has 6 nitrogen and oxygen atoms in total. The first-order valence-corrected chi connectivity index (χ1v) is 10.9. The molecular weight excluding hydrogens is 388 g/mol. The monoisotopic (exact) mass is 416 g/mol. The molecule has 0 aliphatic carbocycles. The molecule has 2 heterocycles. The van der Waals surface area contributed by atoms with E-state index in [9.17, 15) is 4.79 Å². The van der Waals surface area contributed by atoms with E-state index < -0.39 is 0 Å². The number of ether oxygens (including phenoxy) is 1. The molecule has 0 spiro atoms. The number of anilines is 2. The summed E-state index contributed by atoms with van der Waals surface area (Å²) in [6.07, 6.45) is 5.02. The van der Waals surface area contributed by atoms with Crippen LogP contribution >= 0.6 is 0 Å². The summed E-state index contributed by atoms with van der Waals surface area (Å²) < 4.78 is 5.60. The van der Waals surface area contributed by atoms with Crippen LogP contribution in [0.4, 0.5) is 11.5 Å². The van der Waals surface area contributed by atoms with Crippen LogP contribution in [0.25, 0.3) is 11.3 Å². The summed E-state index contributed by atoms with van der Waals surface area (Å²) in [4.78, 5) is 14.5. The third kappa shape index (κ3) is 5.60. The third-order valence-electron chi connectivity index (χ3n) is 5.50. The smallest absolute Gasteiger partial charge is 0.262 e. The maximum Gasteiger partial charge on any atom is 0.262 e. The van der Waals surface area contributed by atoms with Crippen molar-refractivity contribution in [2.24, 2.45) is 0 Å². The number of aromatic nitrogens is 2. The average molecular weight is 417 g/mol. The average Bonchev–Trinajstić information content (AvgIpc) is 3.09. The van der Waals surface area contributed by atoms with Crippen molar-refractivity contribution in [1.82, 2.24) is 10.2 Å². The highest BCUT2D eigenvalue weighted by Gasteiger charge is 2.12. The molecule has 1 aliphatic heterocycles. The Morgan fingerprint density at radius 1 is 0.935 bits per heavy atom. The van der Waals surface area contributed by atoms with E-state index >= 15 is 0 Å². The van der Waals surface area contributed by atoms with Crippen LogP contribution in [0.2, 0.25) is 0 Å². The van der Waals surface area contributed by atoms with Gasteiger partial charge in [-0.3, -0.25) is 4.79 Å². The standard InChI is InChI=1S/C25H28N4O2/c1-19-8-4-5-9-23(19)31-18-25(30)26-21-12-10-20(11-13-21)22-14-15-24(28-27-22)29-16-6-2-3-7-17-29/h4-5,8-15H,2-3,6-7,16-18H2,1H3,(H,26,30). The van der Waals surface area contributed by atoms with Gasteiger partial charge in [-0.1, -0.05) is 43.2 Å². The zero-order chi connectivity index (χ0) is 21.5. The van der Waals surface area contributed by atoms with Gasteiger partial charge in [0, 0.05) is 24.3 Å². The second-order valence-electron chi connectivity index (χ2n) is 7.86. The molecular formula is C25H28N4O2. The van der Waals surface area contributed by atoms with Crippen LogP contribution in [0, 0.1) is 6.92 Å². The number of benzene rings is 2. The van der Waals surface area contributed by atoms with E-state index in [1.807, 2.05) is 67.6 Å². The van der Waals surface area contributed by atoms with Crippen LogP contribution in [0.1, 0.15) is 31.2 Å². The lowest BCUT2D eigenvalue weighted by molar-refractivity contribution is -0.118. The predicted octanol–water partition coefficient (Wildman–Crippen LogP) is 4.85. The molecule has 160 valence electrons. The first-order chi connectivity index (χ1) is 15.2. The highest BCUT2D eigenvalue weighted by atomic mass is 16.5. The number of amides is 1. The largest absolute Gasteiger partial charge is 0.483 e. The lowest BCUT2D eigenvalue weighted by Gasteiger charge is -2.20. The SMILES string of the molecule is Cc1ccccc1OCC(=O)Nc1ccc(-c2ccc(N3CCCCCC3)nn2)cc1. The van der Waals surface area contributed by atoms with Gasteiger partial charge in [0.2, 0.25) is 0 Å². The van der Waals surface area contributed by atoms with E-state index in [4.69, 9.17) is 4.74 Å². The molecule has 3 aromatic rings. The van der Waals surface area contributed by atoms with Crippen LogP contribution in [-0.4, -0.2) is 35.8 Å². The van der Waals surface area contributed by atoms with E-state index in [2.05, 4.69) is 20.4 Å². The minimum absolute atomic E-state index is 0.0317. The Morgan fingerprint density at radius 2 is 1.68 bits per heavy atom. The number of hydrogen-bond acceptors (Lipinski definition) is 5. The molecule has 6 heteroatoms. The van der Waals surface area contributed by atoms with E-state index in [0.29, 0.717) is 0 Å². The van der Waals surface area contributed by atoms with Gasteiger partial charge in [0.25, 0.3) is 5.91 Å². The maximum absolute atomic E-state index is 12.2. The lowest BCUT2D eigenvalue weighted by atomic mass is 10.1. The Bertz CT molecular complexity index is 995. The molecule has 1 N–H and O–H groups in total. The second-order valence-corrected chi connectivity index (χ2v) is 7.86. The van der Waals surface area contributed by atoms with Crippen LogP contribution < -0.4 is 15.0 Å². The Morgan fingerprint density at radius 3 is 2.35 bits per heavy atom. The number of rotatable bonds is 6. The molecule has 0 bridgehead atoms. The number of carbonyl (C=O) groups is 1. The first-order valence-electron chi connectivity index (χ1n) is 10.9. The van der Waals surface area contributed by atoms with Gasteiger partial charge in [-0.25, -0.2) is 0 Å². The van der Waals surface area contributed by atoms with Crippen molar-refractivity contribution in [2.45, 2.75) is 32.6 Å². The highest BCUT2D eigenvalue weighted by Crippen LogP contribution is 2.22. The van der Waals surface area contributed by atoms with Gasteiger partial charge in [-0.2, -0.15) is 0 Å². The van der Waals surface area contributed by atoms with Crippen molar-refractivity contribution in [3.8, 4) is 17.0 Å². The maximum atomic E-state index is 12.2. The van der Waals surface area contributed by atoms with Crippen LogP contribution in [0.3, 0.4) is 0 Å². The molecule has 0 unspecified atom stereocenters. The number of aryl methyl sites for hydroxylation is 1. The number of para-hydroxylation sites is 1. The molecule has 31 heavy (non-hydrogen) atoms. The molecule has 1 aromatic heterocycles. The van der Waals surface area contributed by atoms with Gasteiger partial charge in [0.05, 0.1) is 5.69 Å². The molecule has 1 fully saturated rings. The van der Waals surface area contributed by atoms with E-state index in [0.717, 1.165) is 47.2 Å². The summed E-state index contributed by atoms with van der Waals surface area (Å²) >= 11 is 0. The fraction of sp³-hybridized carbons (Fsp3) is 0.320. The molecule has 1 saturated heterocycles. The van der Waals surface area contributed by atoms with Gasteiger partial charge in [-0.05, 0) is 55.7 Å². The van der Waals surface area contributed by atoms with Crippen LogP contribution in [0.5, 0.6) is 5.75 Å². The number of nitrogens with zero attached hydrogens (tertiary/aromatic N) is 3. The summed E-state index contributed by atoms with van der Waals surface area (Å²) in [6.45, 7) is 4.03. The van der Waals surface area contributed by atoms with E-state index in [1.165, 1.54) is 25.7 Å². The van der Waals surface area contributed by atoms with Crippen molar-refractivity contribution in [1.29, 1.82) is 0 Å². The van der Waals surface area contributed by atoms with Crippen molar-refractivity contribution in [3.05, 3.63) is 66.2 Å². The Labute approximate surface area is 183 Å². The molecule has 0 radical (unpaired) electrons. The Balaban J connectivity index is 1.33. The van der Waals surface area contributed by atoms with Crippen molar-refractivity contribution < 1.29 is 9.53 Å². The van der Waals surface area contributed by atoms with Gasteiger partial charge >= 0.3 is 0 Å². The van der Waals surface area contributed by atoms with Crippen molar-refractivity contribution >= 4 is 17.4 Å². The fourth-order valence-corrected chi connectivity index (χ4v) is 3.73. The Kier molecular flexibility index (Phi) is 6.77. The summed E-state index contributed by atoms with van der Waals surface area (Å²) in [6, 6.07) is 19.3. The molecule has 4 rings (SSSR count). The van der Waals surface area contributed by atoms with E-state index in [1.54, 1.807) is 0 Å². The molecule has 1 amide bonds. The number of hydrogen-bond donors (Lipinski definition) is 1. The predicted molar refractivity (Wildman–Crippen MR) is 123 cm³/mol. The molecule has 2 aromatic carbocycles. The topological polar surface area (TPSA) is 67.3 Å². The third-order valence-corrected chi connectivity index (χ3v) is 5.50. The van der Waals surface area contributed by atoms with Gasteiger partial charge in [0.1, 0.15) is 5.75 Å². The van der Waals surface area contributed by atoms with Crippen LogP contribution in [0.15, 0.2) is 60.7 Å². The Hall–Kier alpha value is -3.41. The second kappa shape index (κ2) is 10.1. The molecule has 0 atom stereocenters. The molecule has 0 saturated carbocycles. The lowest BCUT2D eigenvalue weighted by Crippen LogP contribution is -2.25. The summed E-state index contributed by atoms with van der Waals surface area (Å²) in [7, 11) is 0. The zero-order valence-electron chi connectivity index (χ0n) is 17.9. The summed E-state index contributed by atoms with van der Waals surface area (Å²) in [5.41, 5.74) is 3.50. The normalized spacial score (nSPS) is 14.0. The fourth-order valence-electron chi connectivity index (χ4n) is 3.73. The van der Waals surface area contributed by atoms with E-state index in [-0.39, 0.29) is 12.5 Å². The van der Waals surface area contributed by atoms with Crippen LogP contribution in [-0.2, 0) is 4.79 Å². The minimum atomic E-state index is -0.197. The summed E-state index contributed by atoms with van der Waals surface area (Å²) in [5.74, 6) is 1.47. The minimum Gasteiger partial charge on any atom is -0.483 e.